The van der Waals surface area contributed by atoms with E-state index in [2.05, 4.69) is 15.0 Å². The van der Waals surface area contributed by atoms with Gasteiger partial charge >= 0.3 is 0 Å². The van der Waals surface area contributed by atoms with Crippen molar-refractivity contribution >= 4 is 0 Å². The molecule has 0 aliphatic carbocycles. The second-order valence-electron chi connectivity index (χ2n) is 3.41. The minimum atomic E-state index is 0.110. The summed E-state index contributed by atoms with van der Waals surface area (Å²) in [4.78, 5) is 6.85. The highest BCUT2D eigenvalue weighted by Gasteiger charge is 2.14. The van der Waals surface area contributed by atoms with Crippen LogP contribution in [-0.4, -0.2) is 11.6 Å². The Kier molecular flexibility index (Phi) is 4.32. The van der Waals surface area contributed by atoms with Crippen LogP contribution in [0.5, 0.6) is 5.75 Å². The number of ether oxygens (including phenoxy) is 1. The van der Waals surface area contributed by atoms with Gasteiger partial charge in [-0.15, -0.1) is 0 Å². The zero-order valence-electron chi connectivity index (χ0n) is 10.1. The largest absolute Gasteiger partial charge is 0.492 e. The minimum absolute atomic E-state index is 0.110. The predicted octanol–water partition coefficient (Wildman–Crippen LogP) is 2.78. The van der Waals surface area contributed by atoms with Crippen molar-refractivity contribution in [3.05, 3.63) is 33.0 Å². The molecule has 6 nitrogen and oxygen atoms in total. The molecule has 0 N–H and O–H groups in total. The summed E-state index contributed by atoms with van der Waals surface area (Å²) in [5.41, 5.74) is 10.7. The van der Waals surface area contributed by atoms with Crippen LogP contribution in [0.3, 0.4) is 0 Å². The normalized spacial score (nSPS) is 9.29. The number of nitrogens with zero attached hydrogens (tertiary/aromatic N) is 5. The third-order valence-corrected chi connectivity index (χ3v) is 2.37. The molecule has 17 heavy (non-hydrogen) atoms. The smallest absolute Gasteiger partial charge is 0.144 e. The molecule has 0 aromatic carbocycles. The lowest BCUT2D eigenvalue weighted by atomic mass is 10.1. The first-order chi connectivity index (χ1) is 8.15. The maximum absolute atomic E-state index is 9.00. The van der Waals surface area contributed by atoms with Gasteiger partial charge in [-0.05, 0) is 31.9 Å². The molecule has 88 valence electrons. The third kappa shape index (κ3) is 2.65. The summed E-state index contributed by atoms with van der Waals surface area (Å²) < 4.78 is 5.48. The molecule has 0 atom stereocenters. The average molecular weight is 231 g/mol. The van der Waals surface area contributed by atoms with Crippen molar-refractivity contribution in [2.24, 2.45) is 5.11 Å². The molecule has 6 heteroatoms. The Bertz CT molecular complexity index is 512. The molecular formula is C11H13N5O. The molecule has 0 bridgehead atoms. The Balaban J connectivity index is 3.39. The number of hydrogen-bond acceptors (Lipinski definition) is 4. The van der Waals surface area contributed by atoms with Crippen LogP contribution in [-0.2, 0) is 6.54 Å². The lowest BCUT2D eigenvalue weighted by Crippen LogP contribution is -2.05. The van der Waals surface area contributed by atoms with E-state index in [0.717, 1.165) is 5.56 Å². The molecule has 0 fully saturated rings. The first-order valence-electron chi connectivity index (χ1n) is 5.19. The van der Waals surface area contributed by atoms with Gasteiger partial charge in [0.1, 0.15) is 17.5 Å². The predicted molar refractivity (Wildman–Crippen MR) is 62.4 cm³/mol. The number of hydrogen-bond donors (Lipinski definition) is 0. The first kappa shape index (κ1) is 12.8. The van der Waals surface area contributed by atoms with Gasteiger partial charge in [0.2, 0.25) is 0 Å². The highest BCUT2D eigenvalue weighted by molar-refractivity contribution is 5.48. The van der Waals surface area contributed by atoms with Crippen LogP contribution in [0.15, 0.2) is 5.11 Å². The molecule has 0 unspecified atom stereocenters. The number of rotatable bonds is 4. The summed E-state index contributed by atoms with van der Waals surface area (Å²) >= 11 is 0. The van der Waals surface area contributed by atoms with Gasteiger partial charge in [-0.3, -0.25) is 0 Å². The van der Waals surface area contributed by atoms with E-state index in [1.807, 2.05) is 19.9 Å². The van der Waals surface area contributed by atoms with Crippen molar-refractivity contribution in [1.29, 1.82) is 5.26 Å². The van der Waals surface area contributed by atoms with Gasteiger partial charge in [-0.2, -0.15) is 5.26 Å². The van der Waals surface area contributed by atoms with Crippen LogP contribution in [0.2, 0.25) is 0 Å². The van der Waals surface area contributed by atoms with Gasteiger partial charge in [0.05, 0.1) is 18.8 Å². The van der Waals surface area contributed by atoms with Gasteiger partial charge in [0, 0.05) is 10.5 Å². The monoisotopic (exact) mass is 231 g/mol. The second kappa shape index (κ2) is 5.73. The zero-order valence-corrected chi connectivity index (χ0v) is 10.1. The number of nitriles is 1. The molecule has 0 aliphatic heterocycles. The van der Waals surface area contributed by atoms with E-state index in [0.29, 0.717) is 23.6 Å². The molecule has 0 saturated carbocycles. The molecule has 1 aromatic heterocycles. The molecule has 1 heterocycles. The Morgan fingerprint density at radius 2 is 2.24 bits per heavy atom. The average Bonchev–Trinajstić information content (AvgIpc) is 2.32. The number of aryl methyl sites for hydroxylation is 1. The summed E-state index contributed by atoms with van der Waals surface area (Å²) in [7, 11) is 0. The standard InChI is InChI=1S/C11H13N5O/c1-4-17-11-7(2)9(6-14-16-13)10(5-12)15-8(11)3/h4,6H2,1-3H3. The van der Waals surface area contributed by atoms with Crippen molar-refractivity contribution < 1.29 is 4.74 Å². The molecule has 0 saturated heterocycles. The number of aromatic nitrogens is 1. The molecule has 1 aromatic rings. The van der Waals surface area contributed by atoms with E-state index in [-0.39, 0.29) is 12.2 Å². The van der Waals surface area contributed by atoms with E-state index in [1.165, 1.54) is 0 Å². The van der Waals surface area contributed by atoms with E-state index >= 15 is 0 Å². The fourth-order valence-corrected chi connectivity index (χ4v) is 1.62. The molecule has 0 amide bonds. The van der Waals surface area contributed by atoms with Crippen molar-refractivity contribution in [2.45, 2.75) is 27.3 Å². The van der Waals surface area contributed by atoms with Crippen LogP contribution >= 0.6 is 0 Å². The van der Waals surface area contributed by atoms with Crippen molar-refractivity contribution in [1.82, 2.24) is 4.98 Å². The molecule has 1 rings (SSSR count). The number of pyridine rings is 1. The van der Waals surface area contributed by atoms with Crippen LogP contribution in [0, 0.1) is 25.2 Å². The van der Waals surface area contributed by atoms with Gasteiger partial charge in [0.15, 0.2) is 0 Å². The minimum Gasteiger partial charge on any atom is -0.492 e. The molecule has 0 radical (unpaired) electrons. The van der Waals surface area contributed by atoms with Crippen LogP contribution in [0.25, 0.3) is 10.4 Å². The summed E-state index contributed by atoms with van der Waals surface area (Å²) in [5, 5.41) is 12.5. The third-order valence-electron chi connectivity index (χ3n) is 2.37. The fraction of sp³-hybridized carbons (Fsp3) is 0.455. The highest BCUT2D eigenvalue weighted by Crippen LogP contribution is 2.27. The Morgan fingerprint density at radius 3 is 2.76 bits per heavy atom. The second-order valence-corrected chi connectivity index (χ2v) is 3.41. The van der Waals surface area contributed by atoms with Crippen molar-refractivity contribution in [3.8, 4) is 11.8 Å². The maximum Gasteiger partial charge on any atom is 0.144 e. The Hall–Kier alpha value is -2.25. The van der Waals surface area contributed by atoms with Gasteiger partial charge in [-0.25, -0.2) is 4.98 Å². The van der Waals surface area contributed by atoms with Crippen LogP contribution in [0.1, 0.15) is 29.4 Å². The van der Waals surface area contributed by atoms with Crippen molar-refractivity contribution in [3.63, 3.8) is 0 Å². The first-order valence-corrected chi connectivity index (χ1v) is 5.19. The fourth-order valence-electron chi connectivity index (χ4n) is 1.62. The van der Waals surface area contributed by atoms with Gasteiger partial charge < -0.3 is 4.74 Å². The number of azide groups is 1. The van der Waals surface area contributed by atoms with Gasteiger partial charge in [-0.1, -0.05) is 5.11 Å². The van der Waals surface area contributed by atoms with E-state index in [4.69, 9.17) is 15.5 Å². The van der Waals surface area contributed by atoms with Crippen LogP contribution < -0.4 is 4.74 Å². The molecule has 0 aliphatic rings. The lowest BCUT2D eigenvalue weighted by Gasteiger charge is -2.14. The Morgan fingerprint density at radius 1 is 1.53 bits per heavy atom. The zero-order chi connectivity index (χ0) is 12.8. The quantitative estimate of drug-likeness (QED) is 0.452. The van der Waals surface area contributed by atoms with Crippen LogP contribution in [0.4, 0.5) is 0 Å². The Labute approximate surface area is 99.5 Å². The summed E-state index contributed by atoms with van der Waals surface area (Å²) in [6, 6.07) is 2.01. The van der Waals surface area contributed by atoms with Crippen molar-refractivity contribution in [2.75, 3.05) is 6.61 Å². The topological polar surface area (TPSA) is 94.7 Å². The molecule has 0 spiro atoms. The maximum atomic E-state index is 9.00. The SMILES string of the molecule is CCOc1c(C)nc(C#N)c(CN=[N+]=[N-])c1C. The summed E-state index contributed by atoms with van der Waals surface area (Å²) in [6.45, 7) is 6.14. The summed E-state index contributed by atoms with van der Waals surface area (Å²) in [6.07, 6.45) is 0. The molecular weight excluding hydrogens is 218 g/mol. The summed E-state index contributed by atoms with van der Waals surface area (Å²) in [5.74, 6) is 0.662. The van der Waals surface area contributed by atoms with E-state index in [1.54, 1.807) is 6.92 Å². The van der Waals surface area contributed by atoms with E-state index in [9.17, 15) is 0 Å². The lowest BCUT2D eigenvalue weighted by molar-refractivity contribution is 0.333. The van der Waals surface area contributed by atoms with Gasteiger partial charge in [0.25, 0.3) is 0 Å². The highest BCUT2D eigenvalue weighted by atomic mass is 16.5. The van der Waals surface area contributed by atoms with E-state index < -0.39 is 0 Å².